The highest BCUT2D eigenvalue weighted by Gasteiger charge is 2.40. The van der Waals surface area contributed by atoms with E-state index in [0.29, 0.717) is 22.5 Å². The van der Waals surface area contributed by atoms with Crippen LogP contribution < -0.4 is 5.56 Å². The van der Waals surface area contributed by atoms with Crippen molar-refractivity contribution in [1.29, 1.82) is 0 Å². The van der Waals surface area contributed by atoms with Gasteiger partial charge in [-0.05, 0) is 56.7 Å². The van der Waals surface area contributed by atoms with Crippen LogP contribution in [0.5, 0.6) is 0 Å². The second kappa shape index (κ2) is 7.78. The van der Waals surface area contributed by atoms with Gasteiger partial charge >= 0.3 is 5.97 Å². The van der Waals surface area contributed by atoms with Gasteiger partial charge in [-0.15, -0.1) is 0 Å². The first-order valence-corrected chi connectivity index (χ1v) is 9.91. The molecular formula is C24H23FN2O3. The molecule has 0 saturated heterocycles. The van der Waals surface area contributed by atoms with Crippen LogP contribution in [0.25, 0.3) is 11.8 Å². The number of hydrogen-bond donors (Lipinski definition) is 1. The first-order valence-electron chi connectivity index (χ1n) is 9.91. The molecule has 1 aromatic heterocycles. The number of hydrogen-bond acceptors (Lipinski definition) is 3. The van der Waals surface area contributed by atoms with Crippen molar-refractivity contribution in [3.05, 3.63) is 93.2 Å². The third-order valence-electron chi connectivity index (χ3n) is 5.31. The number of halogens is 1. The summed E-state index contributed by atoms with van der Waals surface area (Å²) in [6.07, 6.45) is 1.54. The number of esters is 1. The smallest absolute Gasteiger partial charge is 0.314 e. The first kappa shape index (κ1) is 19.9. The summed E-state index contributed by atoms with van der Waals surface area (Å²) in [6, 6.07) is 15.2. The van der Waals surface area contributed by atoms with Crippen molar-refractivity contribution in [1.82, 2.24) is 9.78 Å². The fourth-order valence-corrected chi connectivity index (χ4v) is 4.04. The van der Waals surface area contributed by atoms with E-state index in [4.69, 9.17) is 4.74 Å². The van der Waals surface area contributed by atoms with Gasteiger partial charge in [-0.2, -0.15) is 0 Å². The number of rotatable bonds is 4. The van der Waals surface area contributed by atoms with Crippen LogP contribution in [0.3, 0.4) is 0 Å². The van der Waals surface area contributed by atoms with E-state index >= 15 is 0 Å². The van der Waals surface area contributed by atoms with E-state index in [1.807, 2.05) is 43.3 Å². The summed E-state index contributed by atoms with van der Waals surface area (Å²) in [5.74, 6) is -2.02. The van der Waals surface area contributed by atoms with E-state index in [9.17, 15) is 14.0 Å². The average Bonchev–Trinajstić information content (AvgIpc) is 3.03. The molecule has 2 aromatic carbocycles. The highest BCUT2D eigenvalue weighted by molar-refractivity contribution is 5.82. The molecule has 1 aliphatic rings. The molecule has 0 amide bonds. The molecule has 0 spiro atoms. The lowest BCUT2D eigenvalue weighted by molar-refractivity contribution is -0.151. The molecule has 1 heterocycles. The number of H-pyrrole nitrogens is 1. The molecule has 0 bridgehead atoms. The zero-order valence-electron chi connectivity index (χ0n) is 17.1. The molecule has 1 aliphatic carbocycles. The first-order chi connectivity index (χ1) is 14.4. The molecule has 154 valence electrons. The van der Waals surface area contributed by atoms with Crippen molar-refractivity contribution in [2.45, 2.75) is 32.8 Å². The summed E-state index contributed by atoms with van der Waals surface area (Å²) >= 11 is 0. The van der Waals surface area contributed by atoms with Gasteiger partial charge in [0.15, 0.2) is 0 Å². The maximum atomic E-state index is 13.6. The predicted octanol–water partition coefficient (Wildman–Crippen LogP) is 4.42. The number of nitrogens with zero attached hydrogens (tertiary/aromatic N) is 1. The number of benzene rings is 2. The van der Waals surface area contributed by atoms with Gasteiger partial charge in [-0.3, -0.25) is 14.7 Å². The maximum Gasteiger partial charge on any atom is 0.314 e. The van der Waals surface area contributed by atoms with Crippen LogP contribution in [0.2, 0.25) is 0 Å². The van der Waals surface area contributed by atoms with Crippen LogP contribution in [0, 0.1) is 11.7 Å². The monoisotopic (exact) mass is 406 g/mol. The second-order valence-corrected chi connectivity index (χ2v) is 7.80. The number of carbonyl (C=O) groups excluding carboxylic acids is 1. The largest absolute Gasteiger partial charge is 0.462 e. The normalized spacial score (nSPS) is 18.1. The highest BCUT2D eigenvalue weighted by atomic mass is 19.1. The lowest BCUT2D eigenvalue weighted by atomic mass is 9.74. The minimum Gasteiger partial charge on any atom is -0.462 e. The minimum absolute atomic E-state index is 0.239. The standard InChI is InChI=1S/C24H23FN2O3/c1-14(2)30-24(29)20-15(3)13-19-22(21(20)16-9-11-17(25)12-10-16)23(28)27(26-19)18-7-5-4-6-8-18/h4-14,20-21,26H,1-3H3/t20-,21+/m0/s1. The quantitative estimate of drug-likeness (QED) is 0.653. The third kappa shape index (κ3) is 3.49. The molecule has 0 aliphatic heterocycles. The summed E-state index contributed by atoms with van der Waals surface area (Å²) in [4.78, 5) is 26.4. The van der Waals surface area contributed by atoms with Gasteiger partial charge < -0.3 is 4.74 Å². The lowest BCUT2D eigenvalue weighted by Crippen LogP contribution is -2.33. The van der Waals surface area contributed by atoms with Gasteiger partial charge in [0.2, 0.25) is 0 Å². The number of nitrogens with one attached hydrogen (secondary N) is 1. The second-order valence-electron chi connectivity index (χ2n) is 7.80. The number of aromatic nitrogens is 2. The number of ether oxygens (including phenoxy) is 1. The Hall–Kier alpha value is -3.41. The van der Waals surface area contributed by atoms with Gasteiger partial charge in [0.05, 0.1) is 29.0 Å². The minimum atomic E-state index is -0.668. The number of para-hydroxylation sites is 1. The van der Waals surface area contributed by atoms with Gasteiger partial charge in [-0.25, -0.2) is 9.07 Å². The fourth-order valence-electron chi connectivity index (χ4n) is 4.04. The molecule has 5 nitrogen and oxygen atoms in total. The van der Waals surface area contributed by atoms with E-state index in [-0.39, 0.29) is 17.5 Å². The van der Waals surface area contributed by atoms with Gasteiger partial charge in [0.25, 0.3) is 5.56 Å². The van der Waals surface area contributed by atoms with Gasteiger partial charge in [0, 0.05) is 5.92 Å². The highest BCUT2D eigenvalue weighted by Crippen LogP contribution is 2.41. The van der Waals surface area contributed by atoms with Crippen LogP contribution in [0.4, 0.5) is 4.39 Å². The van der Waals surface area contributed by atoms with Crippen LogP contribution >= 0.6 is 0 Å². The summed E-state index contributed by atoms with van der Waals surface area (Å²) in [6.45, 7) is 5.43. The molecule has 6 heteroatoms. The number of fused-ring (bicyclic) bond motifs is 1. The van der Waals surface area contributed by atoms with E-state index in [1.54, 1.807) is 26.0 Å². The Kier molecular flexibility index (Phi) is 5.16. The van der Waals surface area contributed by atoms with Crippen LogP contribution in [0.15, 0.2) is 65.0 Å². The zero-order chi connectivity index (χ0) is 21.4. The summed E-state index contributed by atoms with van der Waals surface area (Å²) in [5.41, 5.74) is 3.04. The van der Waals surface area contributed by atoms with E-state index in [2.05, 4.69) is 5.10 Å². The Bertz CT molecular complexity index is 1160. The molecule has 3 aromatic rings. The van der Waals surface area contributed by atoms with Gasteiger partial charge in [-0.1, -0.05) is 35.9 Å². The lowest BCUT2D eigenvalue weighted by Gasteiger charge is -2.30. The van der Waals surface area contributed by atoms with E-state index in [1.165, 1.54) is 16.8 Å². The Labute approximate surface area is 173 Å². The Morgan fingerprint density at radius 2 is 1.77 bits per heavy atom. The molecule has 0 saturated carbocycles. The van der Waals surface area contributed by atoms with Crippen LogP contribution in [-0.2, 0) is 9.53 Å². The number of aromatic amines is 1. The van der Waals surface area contributed by atoms with Crippen molar-refractivity contribution in [2.75, 3.05) is 0 Å². The molecule has 4 rings (SSSR count). The average molecular weight is 406 g/mol. The molecule has 1 N–H and O–H groups in total. The molecule has 0 radical (unpaired) electrons. The maximum absolute atomic E-state index is 13.6. The van der Waals surface area contributed by atoms with Crippen molar-refractivity contribution in [3.8, 4) is 5.69 Å². The summed E-state index contributed by atoms with van der Waals surface area (Å²) < 4.78 is 20.6. The molecule has 0 fully saturated rings. The fraction of sp³-hybridized carbons (Fsp3) is 0.250. The molecular weight excluding hydrogens is 383 g/mol. The third-order valence-corrected chi connectivity index (χ3v) is 5.31. The van der Waals surface area contributed by atoms with E-state index < -0.39 is 17.8 Å². The Morgan fingerprint density at radius 1 is 1.10 bits per heavy atom. The SMILES string of the molecule is CC1=Cc2[nH]n(-c3ccccc3)c(=O)c2[C@H](c2ccc(F)cc2)[C@H]1C(=O)OC(C)C. The molecule has 30 heavy (non-hydrogen) atoms. The Balaban J connectivity index is 1.92. The topological polar surface area (TPSA) is 64.1 Å². The van der Waals surface area contributed by atoms with Crippen molar-refractivity contribution < 1.29 is 13.9 Å². The van der Waals surface area contributed by atoms with Crippen LogP contribution in [0.1, 0.15) is 43.5 Å². The summed E-state index contributed by atoms with van der Waals surface area (Å²) in [7, 11) is 0. The molecule has 2 atom stereocenters. The van der Waals surface area contributed by atoms with E-state index in [0.717, 1.165) is 5.57 Å². The van der Waals surface area contributed by atoms with Crippen molar-refractivity contribution >= 4 is 12.0 Å². The predicted molar refractivity (Wildman–Crippen MR) is 113 cm³/mol. The van der Waals surface area contributed by atoms with Gasteiger partial charge in [0.1, 0.15) is 5.82 Å². The van der Waals surface area contributed by atoms with Crippen molar-refractivity contribution in [3.63, 3.8) is 0 Å². The van der Waals surface area contributed by atoms with Crippen molar-refractivity contribution in [2.24, 2.45) is 5.92 Å². The zero-order valence-corrected chi connectivity index (χ0v) is 17.1. The molecule has 0 unspecified atom stereocenters. The summed E-state index contributed by atoms with van der Waals surface area (Å²) in [5, 5.41) is 3.16. The number of carbonyl (C=O) groups is 1. The Morgan fingerprint density at radius 3 is 2.40 bits per heavy atom. The van der Waals surface area contributed by atoms with Crippen LogP contribution in [-0.4, -0.2) is 21.9 Å².